The molecule has 1 saturated carbocycles. The van der Waals surface area contributed by atoms with E-state index in [0.717, 1.165) is 50.1 Å². The number of aliphatic hydroxyl groups excluding tert-OH is 1. The van der Waals surface area contributed by atoms with E-state index in [1.807, 2.05) is 30.3 Å². The van der Waals surface area contributed by atoms with Crippen LogP contribution in [-0.2, 0) is 4.79 Å². The molecule has 4 rings (SSSR count). The number of aliphatic hydroxyl groups is 1. The molecule has 0 bridgehead atoms. The van der Waals surface area contributed by atoms with Gasteiger partial charge in [-0.15, -0.1) is 0 Å². The number of para-hydroxylation sites is 1. The monoisotopic (exact) mass is 354 g/mol. The summed E-state index contributed by atoms with van der Waals surface area (Å²) in [5, 5.41) is 16.4. The van der Waals surface area contributed by atoms with Crippen LogP contribution in [0.3, 0.4) is 0 Å². The van der Waals surface area contributed by atoms with Gasteiger partial charge in [-0.05, 0) is 68.8 Å². The zero-order valence-electron chi connectivity index (χ0n) is 14.9. The lowest BCUT2D eigenvalue weighted by Crippen LogP contribution is -2.53. The van der Waals surface area contributed by atoms with E-state index in [2.05, 4.69) is 10.6 Å². The molecule has 26 heavy (non-hydrogen) atoms. The van der Waals surface area contributed by atoms with Gasteiger partial charge < -0.3 is 20.5 Å². The van der Waals surface area contributed by atoms with Gasteiger partial charge in [0.15, 0.2) is 0 Å². The van der Waals surface area contributed by atoms with Gasteiger partial charge in [0.1, 0.15) is 5.75 Å². The minimum atomic E-state index is -0.210. The van der Waals surface area contributed by atoms with Crippen LogP contribution >= 0.6 is 0 Å². The van der Waals surface area contributed by atoms with Gasteiger partial charge in [-0.25, -0.2) is 0 Å². The van der Waals surface area contributed by atoms with Gasteiger partial charge in [0, 0.05) is 17.2 Å². The number of carbonyl (C=O) groups is 1. The van der Waals surface area contributed by atoms with Crippen LogP contribution in [0.25, 0.3) is 6.08 Å². The average molecular weight is 354 g/mol. The second kappa shape index (κ2) is 7.64. The summed E-state index contributed by atoms with van der Waals surface area (Å²) in [7, 11) is 0. The van der Waals surface area contributed by atoms with Crippen molar-refractivity contribution in [3.8, 4) is 5.75 Å². The average Bonchev–Trinajstić information content (AvgIpc) is 2.87. The van der Waals surface area contributed by atoms with Crippen molar-refractivity contribution in [2.75, 3.05) is 13.1 Å². The number of benzene rings is 1. The molecule has 0 unspecified atom stereocenters. The molecule has 3 aliphatic rings. The fraction of sp³-hybridized carbons (Fsp3) is 0.476. The van der Waals surface area contributed by atoms with Crippen LogP contribution in [-0.4, -0.2) is 36.2 Å². The topological polar surface area (TPSA) is 70.6 Å². The Morgan fingerprint density at radius 3 is 2.73 bits per heavy atom. The van der Waals surface area contributed by atoms with E-state index in [9.17, 15) is 9.90 Å². The van der Waals surface area contributed by atoms with Gasteiger partial charge in [-0.2, -0.15) is 0 Å². The Hall–Kier alpha value is -2.11. The van der Waals surface area contributed by atoms with Crippen molar-refractivity contribution < 1.29 is 14.6 Å². The van der Waals surface area contributed by atoms with Gasteiger partial charge in [0.05, 0.1) is 12.4 Å². The van der Waals surface area contributed by atoms with E-state index < -0.39 is 0 Å². The quantitative estimate of drug-likeness (QED) is 0.775. The normalized spacial score (nSPS) is 26.6. The predicted molar refractivity (Wildman–Crippen MR) is 100 cm³/mol. The Bertz CT molecular complexity index is 716. The first-order valence-corrected chi connectivity index (χ1v) is 9.54. The molecule has 3 N–H and O–H groups in total. The summed E-state index contributed by atoms with van der Waals surface area (Å²) in [5.41, 5.74) is 1.51. The third-order valence-electron chi connectivity index (χ3n) is 5.78. The van der Waals surface area contributed by atoms with Crippen molar-refractivity contribution in [1.82, 2.24) is 10.6 Å². The Kier molecular flexibility index (Phi) is 5.09. The van der Waals surface area contributed by atoms with Gasteiger partial charge in [0.2, 0.25) is 0 Å². The Morgan fingerprint density at radius 1 is 1.19 bits per heavy atom. The molecule has 0 aromatic heterocycles. The van der Waals surface area contributed by atoms with Crippen molar-refractivity contribution in [3.63, 3.8) is 0 Å². The van der Waals surface area contributed by atoms with Crippen molar-refractivity contribution in [3.05, 3.63) is 47.7 Å². The molecule has 1 saturated heterocycles. The smallest absolute Gasteiger partial charge is 0.251 e. The molecule has 2 heterocycles. The highest BCUT2D eigenvalue weighted by Crippen LogP contribution is 2.36. The number of rotatable bonds is 4. The first-order chi connectivity index (χ1) is 12.7. The summed E-state index contributed by atoms with van der Waals surface area (Å²) in [6.07, 6.45) is 8.68. The molecule has 1 aromatic rings. The highest BCUT2D eigenvalue weighted by atomic mass is 16.5. The predicted octanol–water partition coefficient (Wildman–Crippen LogP) is 2.23. The second-order valence-electron chi connectivity index (χ2n) is 7.53. The van der Waals surface area contributed by atoms with Crippen LogP contribution in [0.1, 0.15) is 31.2 Å². The van der Waals surface area contributed by atoms with Crippen LogP contribution in [0.2, 0.25) is 0 Å². The number of hydrogen-bond acceptors (Lipinski definition) is 4. The number of carbonyl (C=O) groups excluding carboxylic acids is 1. The molecule has 1 aliphatic carbocycles. The Morgan fingerprint density at radius 2 is 1.96 bits per heavy atom. The number of amides is 1. The van der Waals surface area contributed by atoms with E-state index in [1.54, 1.807) is 12.3 Å². The maximum Gasteiger partial charge on any atom is 0.251 e. The lowest BCUT2D eigenvalue weighted by Gasteiger charge is -2.43. The maximum atomic E-state index is 13.0. The summed E-state index contributed by atoms with van der Waals surface area (Å²) in [4.78, 5) is 13.0. The summed E-state index contributed by atoms with van der Waals surface area (Å²) in [6, 6.07) is 7.82. The molecule has 0 radical (unpaired) electrons. The maximum absolute atomic E-state index is 13.0. The number of hydrogen-bond donors (Lipinski definition) is 3. The summed E-state index contributed by atoms with van der Waals surface area (Å²) < 4.78 is 5.59. The molecule has 0 spiro atoms. The first kappa shape index (κ1) is 17.3. The van der Waals surface area contributed by atoms with E-state index >= 15 is 0 Å². The van der Waals surface area contributed by atoms with Crippen LogP contribution in [0.5, 0.6) is 5.75 Å². The minimum Gasteiger partial charge on any atom is -0.464 e. The van der Waals surface area contributed by atoms with Crippen LogP contribution in [0.15, 0.2) is 42.2 Å². The molecular weight excluding hydrogens is 328 g/mol. The largest absolute Gasteiger partial charge is 0.464 e. The highest BCUT2D eigenvalue weighted by molar-refractivity contribution is 6.01. The second-order valence-corrected chi connectivity index (χ2v) is 7.53. The van der Waals surface area contributed by atoms with Gasteiger partial charge in [-0.1, -0.05) is 18.2 Å². The van der Waals surface area contributed by atoms with E-state index in [1.165, 1.54) is 0 Å². The zero-order chi connectivity index (χ0) is 17.9. The van der Waals surface area contributed by atoms with E-state index in [4.69, 9.17) is 4.74 Å². The molecule has 1 aromatic carbocycles. The molecule has 5 nitrogen and oxygen atoms in total. The fourth-order valence-electron chi connectivity index (χ4n) is 4.23. The van der Waals surface area contributed by atoms with Crippen molar-refractivity contribution in [1.29, 1.82) is 0 Å². The number of nitrogens with one attached hydrogen (secondary N) is 2. The third-order valence-corrected chi connectivity index (χ3v) is 5.78. The van der Waals surface area contributed by atoms with Crippen molar-refractivity contribution >= 4 is 12.0 Å². The molecule has 1 amide bonds. The molecule has 138 valence electrons. The highest BCUT2D eigenvalue weighted by Gasteiger charge is 2.39. The SMILES string of the molecule is O=C(N[C@H](C1CCNCC1)C1CC(O)C1)C1=Cc2ccccc2OC=C1. The van der Waals surface area contributed by atoms with Crippen molar-refractivity contribution in [2.45, 2.75) is 37.8 Å². The minimum absolute atomic E-state index is 0.0634. The molecule has 5 heteroatoms. The number of fused-ring (bicyclic) bond motifs is 1. The zero-order valence-corrected chi connectivity index (χ0v) is 14.9. The standard InChI is InChI=1S/C21H26N2O3/c24-18-12-17(13-18)20(14-5-8-22-9-6-14)23-21(25)16-7-10-26-19-4-2-1-3-15(19)11-16/h1-4,7,10-11,14,17-18,20,22,24H,5-6,8-9,12-13H2,(H,23,25)/t17?,18?,20-/m1/s1. The van der Waals surface area contributed by atoms with Gasteiger partial charge >= 0.3 is 0 Å². The van der Waals surface area contributed by atoms with Gasteiger partial charge in [0.25, 0.3) is 5.91 Å². The van der Waals surface area contributed by atoms with Crippen LogP contribution in [0.4, 0.5) is 0 Å². The van der Waals surface area contributed by atoms with Gasteiger partial charge in [-0.3, -0.25) is 4.79 Å². The van der Waals surface area contributed by atoms with E-state index in [-0.39, 0.29) is 18.1 Å². The van der Waals surface area contributed by atoms with Crippen LogP contribution in [0, 0.1) is 11.8 Å². The summed E-state index contributed by atoms with van der Waals surface area (Å²) in [6.45, 7) is 1.99. The Labute approximate surface area is 154 Å². The van der Waals surface area contributed by atoms with Crippen molar-refractivity contribution in [2.24, 2.45) is 11.8 Å². The molecular formula is C21H26N2O3. The Balaban J connectivity index is 1.51. The first-order valence-electron chi connectivity index (χ1n) is 9.54. The molecule has 2 fully saturated rings. The van der Waals surface area contributed by atoms with Crippen LogP contribution < -0.4 is 15.4 Å². The third kappa shape index (κ3) is 3.69. The number of piperidine rings is 1. The summed E-state index contributed by atoms with van der Waals surface area (Å²) in [5.74, 6) is 1.53. The molecule has 2 aliphatic heterocycles. The lowest BCUT2D eigenvalue weighted by atomic mass is 9.71. The molecule has 1 atom stereocenters. The van der Waals surface area contributed by atoms with E-state index in [0.29, 0.717) is 17.4 Å². The number of ether oxygens (including phenoxy) is 1. The fourth-order valence-corrected chi connectivity index (χ4v) is 4.23. The summed E-state index contributed by atoms with van der Waals surface area (Å²) >= 11 is 0. The lowest BCUT2D eigenvalue weighted by molar-refractivity contribution is -0.119.